The van der Waals surface area contributed by atoms with Crippen molar-refractivity contribution in [3.8, 4) is 0 Å². The summed E-state index contributed by atoms with van der Waals surface area (Å²) in [6.07, 6.45) is 1.59. The zero-order valence-corrected chi connectivity index (χ0v) is 9.98. The van der Waals surface area contributed by atoms with Crippen LogP contribution in [0.4, 0.5) is 0 Å². The van der Waals surface area contributed by atoms with E-state index in [0.717, 1.165) is 12.0 Å². The lowest BCUT2D eigenvalue weighted by Gasteiger charge is -2.13. The van der Waals surface area contributed by atoms with Gasteiger partial charge < -0.3 is 0 Å². The fourth-order valence-electron chi connectivity index (χ4n) is 1.75. The van der Waals surface area contributed by atoms with E-state index in [1.807, 2.05) is 37.3 Å². The van der Waals surface area contributed by atoms with E-state index in [1.165, 1.54) is 0 Å². The van der Waals surface area contributed by atoms with Crippen molar-refractivity contribution >= 4 is 11.7 Å². The molecule has 0 bridgehead atoms. The predicted octanol–water partition coefficient (Wildman–Crippen LogP) is 1.20. The Bertz CT molecular complexity index is 376. The Morgan fingerprint density at radius 3 is 2.47 bits per heavy atom. The van der Waals surface area contributed by atoms with Gasteiger partial charge in [0.05, 0.1) is 5.92 Å². The zero-order valence-electron chi connectivity index (χ0n) is 9.98. The van der Waals surface area contributed by atoms with Gasteiger partial charge in [-0.25, -0.2) is 5.84 Å². The summed E-state index contributed by atoms with van der Waals surface area (Å²) in [4.78, 5) is 23.5. The molecular weight excluding hydrogens is 216 g/mol. The molecule has 4 heteroatoms. The molecular formula is C13H18N2O2. The van der Waals surface area contributed by atoms with E-state index in [0.29, 0.717) is 6.42 Å². The van der Waals surface area contributed by atoms with Gasteiger partial charge in [0.1, 0.15) is 5.78 Å². The normalized spacial score (nSPS) is 11.9. The first kappa shape index (κ1) is 13.4. The molecule has 1 aromatic carbocycles. The van der Waals surface area contributed by atoms with Gasteiger partial charge in [-0.3, -0.25) is 15.0 Å². The maximum Gasteiger partial charge on any atom is 0.244 e. The van der Waals surface area contributed by atoms with Crippen LogP contribution < -0.4 is 11.3 Å². The lowest BCUT2D eigenvalue weighted by Crippen LogP contribution is -2.39. The lowest BCUT2D eigenvalue weighted by atomic mass is 9.93. The topological polar surface area (TPSA) is 72.2 Å². The second-order valence-corrected chi connectivity index (χ2v) is 3.98. The Labute approximate surface area is 101 Å². The second kappa shape index (κ2) is 6.81. The van der Waals surface area contributed by atoms with Crippen LogP contribution in [0.15, 0.2) is 30.3 Å². The van der Waals surface area contributed by atoms with Crippen molar-refractivity contribution in [2.45, 2.75) is 26.2 Å². The third-order valence-corrected chi connectivity index (χ3v) is 2.65. The van der Waals surface area contributed by atoms with Crippen LogP contribution in [0.2, 0.25) is 0 Å². The number of Topliss-reactive ketones (excluding diaryl/α,β-unsaturated/α-hetero) is 1. The van der Waals surface area contributed by atoms with Crippen molar-refractivity contribution in [1.82, 2.24) is 5.43 Å². The third-order valence-electron chi connectivity index (χ3n) is 2.65. The van der Waals surface area contributed by atoms with E-state index >= 15 is 0 Å². The van der Waals surface area contributed by atoms with Crippen molar-refractivity contribution in [3.05, 3.63) is 35.9 Å². The highest BCUT2D eigenvalue weighted by Crippen LogP contribution is 2.12. The van der Waals surface area contributed by atoms with Crippen LogP contribution in [0.5, 0.6) is 0 Å². The van der Waals surface area contributed by atoms with Crippen molar-refractivity contribution in [1.29, 1.82) is 0 Å². The lowest BCUT2D eigenvalue weighted by molar-refractivity contribution is -0.134. The summed E-state index contributed by atoms with van der Waals surface area (Å²) in [6.45, 7) is 1.94. The van der Waals surface area contributed by atoms with Gasteiger partial charge >= 0.3 is 0 Å². The van der Waals surface area contributed by atoms with Gasteiger partial charge in [0.15, 0.2) is 0 Å². The minimum atomic E-state index is -0.634. The summed E-state index contributed by atoms with van der Waals surface area (Å²) in [5, 5.41) is 0. The largest absolute Gasteiger partial charge is 0.298 e. The molecule has 0 heterocycles. The molecule has 0 saturated carbocycles. The molecule has 1 aromatic rings. The Morgan fingerprint density at radius 2 is 1.94 bits per heavy atom. The first-order valence-corrected chi connectivity index (χ1v) is 5.76. The minimum Gasteiger partial charge on any atom is -0.298 e. The summed E-state index contributed by atoms with van der Waals surface area (Å²) in [5.41, 5.74) is 2.98. The fraction of sp³-hybridized carbons (Fsp3) is 0.385. The molecule has 0 aliphatic carbocycles. The molecule has 0 spiro atoms. The Hall–Kier alpha value is -1.68. The van der Waals surface area contributed by atoms with Gasteiger partial charge in [-0.2, -0.15) is 0 Å². The molecule has 0 fully saturated rings. The molecule has 0 aliphatic heterocycles. The number of hydrogen-bond acceptors (Lipinski definition) is 3. The Balaban J connectivity index is 2.69. The van der Waals surface area contributed by atoms with Gasteiger partial charge in [0, 0.05) is 6.42 Å². The molecule has 1 rings (SSSR count). The number of amides is 1. The molecule has 1 amide bonds. The van der Waals surface area contributed by atoms with Gasteiger partial charge in [-0.1, -0.05) is 43.7 Å². The Morgan fingerprint density at radius 1 is 1.29 bits per heavy atom. The molecule has 4 nitrogen and oxygen atoms in total. The number of carbonyl (C=O) groups excluding carboxylic acids is 2. The van der Waals surface area contributed by atoms with E-state index in [1.54, 1.807) is 0 Å². The number of hydrazine groups is 1. The van der Waals surface area contributed by atoms with E-state index in [-0.39, 0.29) is 12.2 Å². The molecule has 3 N–H and O–H groups in total. The number of carbonyl (C=O) groups is 2. The quantitative estimate of drug-likeness (QED) is 0.336. The van der Waals surface area contributed by atoms with Crippen LogP contribution in [0.1, 0.15) is 25.3 Å². The Kier molecular flexibility index (Phi) is 5.36. The molecule has 0 aromatic heterocycles. The molecule has 0 radical (unpaired) electrons. The van der Waals surface area contributed by atoms with Crippen LogP contribution in [0, 0.1) is 5.92 Å². The van der Waals surface area contributed by atoms with Crippen LogP contribution in [-0.4, -0.2) is 11.7 Å². The molecule has 1 unspecified atom stereocenters. The number of nitrogens with one attached hydrogen (secondary N) is 1. The average molecular weight is 234 g/mol. The van der Waals surface area contributed by atoms with Gasteiger partial charge in [0.2, 0.25) is 5.91 Å². The summed E-state index contributed by atoms with van der Waals surface area (Å²) < 4.78 is 0. The monoisotopic (exact) mass is 234 g/mol. The maximum atomic E-state index is 12.0. The summed E-state index contributed by atoms with van der Waals surface area (Å²) in [6, 6.07) is 9.40. The zero-order chi connectivity index (χ0) is 12.7. The van der Waals surface area contributed by atoms with Crippen LogP contribution >= 0.6 is 0 Å². The predicted molar refractivity (Wildman–Crippen MR) is 65.9 cm³/mol. The number of nitrogens with two attached hydrogens (primary N) is 1. The summed E-state index contributed by atoms with van der Waals surface area (Å²) in [7, 11) is 0. The van der Waals surface area contributed by atoms with Crippen LogP contribution in [0.25, 0.3) is 0 Å². The van der Waals surface area contributed by atoms with Gasteiger partial charge in [-0.05, 0) is 12.0 Å². The van der Waals surface area contributed by atoms with Crippen molar-refractivity contribution in [2.75, 3.05) is 0 Å². The van der Waals surface area contributed by atoms with E-state index in [9.17, 15) is 9.59 Å². The highest BCUT2D eigenvalue weighted by Gasteiger charge is 2.24. The molecule has 1 atom stereocenters. The first-order valence-electron chi connectivity index (χ1n) is 5.76. The van der Waals surface area contributed by atoms with Crippen LogP contribution in [0.3, 0.4) is 0 Å². The maximum absolute atomic E-state index is 12.0. The van der Waals surface area contributed by atoms with E-state index in [4.69, 9.17) is 5.84 Å². The first-order chi connectivity index (χ1) is 8.19. The van der Waals surface area contributed by atoms with E-state index < -0.39 is 11.8 Å². The SMILES string of the molecule is CCCC(C(=O)Cc1ccccc1)C(=O)NN. The molecule has 17 heavy (non-hydrogen) atoms. The number of hydrogen-bond donors (Lipinski definition) is 2. The number of benzene rings is 1. The molecule has 92 valence electrons. The third kappa shape index (κ3) is 4.00. The van der Waals surface area contributed by atoms with Gasteiger partial charge in [-0.15, -0.1) is 0 Å². The number of rotatable bonds is 6. The summed E-state index contributed by atoms with van der Waals surface area (Å²) in [5.74, 6) is 3.97. The van der Waals surface area contributed by atoms with Crippen LogP contribution in [-0.2, 0) is 16.0 Å². The summed E-state index contributed by atoms with van der Waals surface area (Å²) >= 11 is 0. The average Bonchev–Trinajstić information content (AvgIpc) is 2.36. The van der Waals surface area contributed by atoms with Crippen molar-refractivity contribution in [2.24, 2.45) is 11.8 Å². The van der Waals surface area contributed by atoms with Gasteiger partial charge in [0.25, 0.3) is 0 Å². The second-order valence-electron chi connectivity index (χ2n) is 3.98. The highest BCUT2D eigenvalue weighted by molar-refractivity contribution is 6.01. The number of ketones is 1. The van der Waals surface area contributed by atoms with Crippen molar-refractivity contribution < 1.29 is 9.59 Å². The smallest absolute Gasteiger partial charge is 0.244 e. The van der Waals surface area contributed by atoms with Crippen molar-refractivity contribution in [3.63, 3.8) is 0 Å². The standard InChI is InChI=1S/C13H18N2O2/c1-2-6-11(13(17)15-14)12(16)9-10-7-4-3-5-8-10/h3-5,7-8,11H,2,6,9,14H2,1H3,(H,15,17). The molecule has 0 aliphatic rings. The fourth-order valence-corrected chi connectivity index (χ4v) is 1.75. The minimum absolute atomic E-state index is 0.0824. The van der Waals surface area contributed by atoms with E-state index in [2.05, 4.69) is 5.43 Å². The highest BCUT2D eigenvalue weighted by atomic mass is 16.2. The molecule has 0 saturated heterocycles.